The van der Waals surface area contributed by atoms with Crippen LogP contribution in [0.25, 0.3) is 0 Å². The maximum absolute atomic E-state index is 12.2. The summed E-state index contributed by atoms with van der Waals surface area (Å²) in [5.74, 6) is 0.0323. The molecule has 0 saturated carbocycles. The third kappa shape index (κ3) is 3.14. The van der Waals surface area contributed by atoms with E-state index in [0.717, 1.165) is 30.8 Å². The second-order valence-corrected chi connectivity index (χ2v) is 5.88. The average molecular weight is 294 g/mol. The van der Waals surface area contributed by atoms with Crippen molar-refractivity contribution in [3.8, 4) is 0 Å². The van der Waals surface area contributed by atoms with Crippen LogP contribution in [0.4, 0.5) is 11.4 Å². The molecule has 1 amide bonds. The molecule has 0 spiro atoms. The zero-order valence-corrected chi connectivity index (χ0v) is 13.2. The van der Waals surface area contributed by atoms with E-state index < -0.39 is 0 Å². The Morgan fingerprint density at radius 2 is 1.95 bits per heavy atom. The molecule has 0 aromatic heterocycles. The third-order valence-electron chi connectivity index (χ3n) is 4.23. The fraction of sp³-hybridized carbons (Fsp3) is 0.316. The number of fused-ring (bicyclic) bond motifs is 1. The zero-order chi connectivity index (χ0) is 15.5. The van der Waals surface area contributed by atoms with Crippen LogP contribution in [-0.2, 0) is 17.6 Å². The van der Waals surface area contributed by atoms with Crippen molar-refractivity contribution in [3.63, 3.8) is 0 Å². The van der Waals surface area contributed by atoms with Gasteiger partial charge < -0.3 is 10.2 Å². The first-order valence-corrected chi connectivity index (χ1v) is 7.89. The number of nitrogens with one attached hydrogen (secondary N) is 1. The van der Waals surface area contributed by atoms with Gasteiger partial charge in [-0.05, 0) is 43.5 Å². The van der Waals surface area contributed by atoms with Crippen molar-refractivity contribution >= 4 is 17.3 Å². The van der Waals surface area contributed by atoms with Gasteiger partial charge in [-0.25, -0.2) is 0 Å². The summed E-state index contributed by atoms with van der Waals surface area (Å²) in [6.07, 6.45) is 1.51. The number of rotatable bonds is 4. The van der Waals surface area contributed by atoms with Crippen molar-refractivity contribution in [2.24, 2.45) is 0 Å². The largest absolute Gasteiger partial charge is 0.371 e. The second kappa shape index (κ2) is 6.22. The number of hydrogen-bond donors (Lipinski definition) is 1. The molecule has 1 heterocycles. The molecule has 3 heteroatoms. The maximum atomic E-state index is 12.2. The summed E-state index contributed by atoms with van der Waals surface area (Å²) >= 11 is 0. The van der Waals surface area contributed by atoms with Gasteiger partial charge in [-0.2, -0.15) is 0 Å². The summed E-state index contributed by atoms with van der Waals surface area (Å²) in [5, 5.41) is 3.01. The van der Waals surface area contributed by atoms with Crippen LogP contribution in [0.3, 0.4) is 0 Å². The highest BCUT2D eigenvalue weighted by Crippen LogP contribution is 2.30. The van der Waals surface area contributed by atoms with Gasteiger partial charge in [-0.15, -0.1) is 0 Å². The van der Waals surface area contributed by atoms with Crippen LogP contribution >= 0.6 is 0 Å². The van der Waals surface area contributed by atoms with Gasteiger partial charge >= 0.3 is 0 Å². The van der Waals surface area contributed by atoms with Gasteiger partial charge in [0.25, 0.3) is 0 Å². The number of amides is 1. The van der Waals surface area contributed by atoms with Crippen LogP contribution in [-0.4, -0.2) is 19.0 Å². The van der Waals surface area contributed by atoms with Crippen molar-refractivity contribution in [2.45, 2.75) is 26.7 Å². The Morgan fingerprint density at radius 1 is 1.18 bits per heavy atom. The van der Waals surface area contributed by atoms with E-state index in [2.05, 4.69) is 29.3 Å². The van der Waals surface area contributed by atoms with Crippen molar-refractivity contribution in [1.29, 1.82) is 0 Å². The van der Waals surface area contributed by atoms with E-state index in [1.165, 1.54) is 16.8 Å². The summed E-state index contributed by atoms with van der Waals surface area (Å²) in [6, 6.07) is 14.3. The molecule has 3 rings (SSSR count). The number of aryl methyl sites for hydroxylation is 1. The molecule has 114 valence electrons. The van der Waals surface area contributed by atoms with Gasteiger partial charge in [-0.3, -0.25) is 4.79 Å². The number of nitrogens with zero attached hydrogens (tertiary/aromatic N) is 1. The minimum Gasteiger partial charge on any atom is -0.371 e. The topological polar surface area (TPSA) is 32.3 Å². The molecule has 1 aliphatic rings. The molecule has 2 aromatic carbocycles. The molecule has 2 aromatic rings. The van der Waals surface area contributed by atoms with E-state index >= 15 is 0 Å². The number of carbonyl (C=O) groups is 1. The third-order valence-corrected chi connectivity index (χ3v) is 4.23. The van der Waals surface area contributed by atoms with E-state index in [9.17, 15) is 4.79 Å². The van der Waals surface area contributed by atoms with Crippen molar-refractivity contribution < 1.29 is 4.79 Å². The first-order chi connectivity index (χ1) is 10.7. The van der Waals surface area contributed by atoms with Gasteiger partial charge in [0.15, 0.2) is 0 Å². The maximum Gasteiger partial charge on any atom is 0.228 e. The Bertz CT molecular complexity index is 676. The lowest BCUT2D eigenvalue weighted by atomic mass is 10.1. The second-order valence-electron chi connectivity index (χ2n) is 5.88. The number of likely N-dealkylation sites (N-methyl/N-ethyl adjacent to an activating group) is 1. The van der Waals surface area contributed by atoms with E-state index in [1.54, 1.807) is 0 Å². The summed E-state index contributed by atoms with van der Waals surface area (Å²) in [5.41, 5.74) is 5.77. The first-order valence-electron chi connectivity index (χ1n) is 7.89. The lowest BCUT2D eigenvalue weighted by Crippen LogP contribution is -2.19. The highest BCUT2D eigenvalue weighted by atomic mass is 16.1. The molecule has 1 N–H and O–H groups in total. The standard InChI is InChI=1S/C19H22N2O/c1-3-21-11-10-16-8-9-17(13-18(16)21)20-19(22)12-15-6-4-14(2)5-7-15/h4-9,13H,3,10-12H2,1-2H3,(H,20,22). The SMILES string of the molecule is CCN1CCc2ccc(NC(=O)Cc3ccc(C)cc3)cc21. The lowest BCUT2D eigenvalue weighted by Gasteiger charge is -2.17. The van der Waals surface area contributed by atoms with Crippen LogP contribution < -0.4 is 10.2 Å². The van der Waals surface area contributed by atoms with E-state index in [4.69, 9.17) is 0 Å². The molecule has 3 nitrogen and oxygen atoms in total. The fourth-order valence-corrected chi connectivity index (χ4v) is 2.95. The highest BCUT2D eigenvalue weighted by molar-refractivity contribution is 5.93. The Morgan fingerprint density at radius 3 is 2.68 bits per heavy atom. The van der Waals surface area contributed by atoms with Crippen LogP contribution in [0.2, 0.25) is 0 Å². The quantitative estimate of drug-likeness (QED) is 0.935. The Hall–Kier alpha value is -2.29. The molecule has 0 unspecified atom stereocenters. The molecule has 0 atom stereocenters. The molecule has 0 saturated heterocycles. The number of anilines is 2. The summed E-state index contributed by atoms with van der Waals surface area (Å²) < 4.78 is 0. The van der Waals surface area contributed by atoms with Crippen molar-refractivity contribution in [2.75, 3.05) is 23.3 Å². The van der Waals surface area contributed by atoms with E-state index in [1.807, 2.05) is 37.3 Å². The van der Waals surface area contributed by atoms with Crippen LogP contribution in [0, 0.1) is 6.92 Å². The number of hydrogen-bond acceptors (Lipinski definition) is 2. The van der Waals surface area contributed by atoms with Crippen molar-refractivity contribution in [3.05, 3.63) is 59.2 Å². The smallest absolute Gasteiger partial charge is 0.228 e. The predicted octanol–water partition coefficient (Wildman–Crippen LogP) is 3.56. The number of benzene rings is 2. The molecule has 0 radical (unpaired) electrons. The first kappa shape index (κ1) is 14.6. The highest BCUT2D eigenvalue weighted by Gasteiger charge is 2.18. The Balaban J connectivity index is 1.68. The van der Waals surface area contributed by atoms with Crippen LogP contribution in [0.15, 0.2) is 42.5 Å². The van der Waals surface area contributed by atoms with Crippen molar-refractivity contribution in [1.82, 2.24) is 0 Å². The molecule has 0 bridgehead atoms. The average Bonchev–Trinajstić information content (AvgIpc) is 2.92. The van der Waals surface area contributed by atoms with Gasteiger partial charge in [0.2, 0.25) is 5.91 Å². The van der Waals surface area contributed by atoms with Gasteiger partial charge in [0.1, 0.15) is 0 Å². The summed E-state index contributed by atoms with van der Waals surface area (Å²) in [7, 11) is 0. The van der Waals surface area contributed by atoms with Crippen LogP contribution in [0.1, 0.15) is 23.6 Å². The zero-order valence-electron chi connectivity index (χ0n) is 13.2. The molecular formula is C19H22N2O. The summed E-state index contributed by atoms with van der Waals surface area (Å²) in [6.45, 7) is 6.30. The molecule has 0 fully saturated rings. The molecule has 0 aliphatic carbocycles. The van der Waals surface area contributed by atoms with Gasteiger partial charge in [0, 0.05) is 24.5 Å². The van der Waals surface area contributed by atoms with Gasteiger partial charge in [-0.1, -0.05) is 35.9 Å². The normalized spacial score (nSPS) is 13.1. The van der Waals surface area contributed by atoms with Crippen LogP contribution in [0.5, 0.6) is 0 Å². The Kier molecular flexibility index (Phi) is 4.14. The molecule has 22 heavy (non-hydrogen) atoms. The monoisotopic (exact) mass is 294 g/mol. The molecular weight excluding hydrogens is 272 g/mol. The Labute approximate surface area is 132 Å². The minimum atomic E-state index is 0.0323. The van der Waals surface area contributed by atoms with E-state index in [0.29, 0.717) is 6.42 Å². The fourth-order valence-electron chi connectivity index (χ4n) is 2.95. The number of carbonyl (C=O) groups excluding carboxylic acids is 1. The van der Waals surface area contributed by atoms with Gasteiger partial charge in [0.05, 0.1) is 6.42 Å². The molecule has 1 aliphatic heterocycles. The minimum absolute atomic E-state index is 0.0323. The summed E-state index contributed by atoms with van der Waals surface area (Å²) in [4.78, 5) is 14.5. The lowest BCUT2D eigenvalue weighted by molar-refractivity contribution is -0.115. The predicted molar refractivity (Wildman–Crippen MR) is 91.5 cm³/mol. The van der Waals surface area contributed by atoms with E-state index in [-0.39, 0.29) is 5.91 Å².